The van der Waals surface area contributed by atoms with Crippen molar-refractivity contribution in [3.05, 3.63) is 54.9 Å². The molecule has 0 bridgehead atoms. The molecule has 8 heteroatoms. The summed E-state index contributed by atoms with van der Waals surface area (Å²) in [5.74, 6) is 2.38. The molecule has 4 aromatic rings. The molecular weight excluding hydrogens is 432 g/mol. The molecule has 1 saturated heterocycles. The molecule has 1 aliphatic heterocycles. The number of primary amides is 1. The summed E-state index contributed by atoms with van der Waals surface area (Å²) in [6, 6.07) is 15.8. The molecule has 174 valence electrons. The molecule has 0 unspecified atom stereocenters. The average molecular weight is 459 g/mol. The van der Waals surface area contributed by atoms with Crippen molar-refractivity contribution in [2.45, 2.75) is 12.8 Å². The van der Waals surface area contributed by atoms with Gasteiger partial charge in [0, 0.05) is 30.1 Å². The zero-order chi connectivity index (χ0) is 23.7. The van der Waals surface area contributed by atoms with E-state index in [9.17, 15) is 4.79 Å². The maximum atomic E-state index is 11.7. The Morgan fingerprint density at radius 1 is 1.00 bits per heavy atom. The summed E-state index contributed by atoms with van der Waals surface area (Å²) in [7, 11) is 3.22. The number of methoxy groups -OCH3 is 2. The van der Waals surface area contributed by atoms with Crippen LogP contribution in [0, 0.1) is 5.92 Å². The van der Waals surface area contributed by atoms with Crippen molar-refractivity contribution < 1.29 is 18.7 Å². The number of carbonyl (C=O) groups excluding carboxylic acids is 1. The molecule has 3 heterocycles. The number of nitrogens with two attached hydrogens (primary N) is 1. The van der Waals surface area contributed by atoms with E-state index in [0.29, 0.717) is 48.9 Å². The van der Waals surface area contributed by atoms with E-state index in [1.54, 1.807) is 14.2 Å². The van der Waals surface area contributed by atoms with E-state index >= 15 is 0 Å². The van der Waals surface area contributed by atoms with Crippen LogP contribution in [0.5, 0.6) is 11.5 Å². The standard InChI is InChI=1S/C26H26N4O4/c1-32-19-9-8-18(14-20(19)33-2)23-21(16-6-4-3-5-7-16)22-25(28-15-29-26(22)34-23)30-12-10-17(11-13-30)24(27)31/h3-9,14-15,17H,10-13H2,1-2H3,(H2,27,31). The Bertz CT molecular complexity index is 1330. The SMILES string of the molecule is COc1ccc(-c2oc3ncnc(N4CCC(C(N)=O)CC4)c3c2-c2ccccc2)cc1OC. The lowest BCUT2D eigenvalue weighted by Gasteiger charge is -2.31. The Labute approximate surface area is 197 Å². The highest BCUT2D eigenvalue weighted by molar-refractivity contribution is 6.06. The Morgan fingerprint density at radius 2 is 1.74 bits per heavy atom. The highest BCUT2D eigenvalue weighted by Gasteiger charge is 2.28. The molecule has 5 rings (SSSR count). The number of aromatic nitrogens is 2. The van der Waals surface area contributed by atoms with Gasteiger partial charge in [0.25, 0.3) is 0 Å². The van der Waals surface area contributed by atoms with Crippen molar-refractivity contribution in [2.24, 2.45) is 11.7 Å². The van der Waals surface area contributed by atoms with E-state index in [0.717, 1.165) is 27.9 Å². The van der Waals surface area contributed by atoms with Gasteiger partial charge < -0.3 is 24.5 Å². The predicted octanol–water partition coefficient (Wildman–Crippen LogP) is 4.28. The minimum atomic E-state index is -0.239. The summed E-state index contributed by atoms with van der Waals surface area (Å²) < 4.78 is 17.3. The summed E-state index contributed by atoms with van der Waals surface area (Å²) in [5, 5.41) is 0.844. The first kappa shape index (κ1) is 21.8. The minimum Gasteiger partial charge on any atom is -0.493 e. The zero-order valence-electron chi connectivity index (χ0n) is 19.2. The Hall–Kier alpha value is -4.07. The van der Waals surface area contributed by atoms with Gasteiger partial charge in [0.05, 0.1) is 19.6 Å². The number of hydrogen-bond acceptors (Lipinski definition) is 7. The molecule has 34 heavy (non-hydrogen) atoms. The predicted molar refractivity (Wildman–Crippen MR) is 130 cm³/mol. The second kappa shape index (κ2) is 9.05. The number of benzene rings is 2. The van der Waals surface area contributed by atoms with Crippen LogP contribution in [0.2, 0.25) is 0 Å². The van der Waals surface area contributed by atoms with Gasteiger partial charge in [0.1, 0.15) is 17.9 Å². The lowest BCUT2D eigenvalue weighted by molar-refractivity contribution is -0.122. The third kappa shape index (κ3) is 3.81. The molecule has 1 amide bonds. The van der Waals surface area contributed by atoms with Gasteiger partial charge in [-0.1, -0.05) is 30.3 Å². The lowest BCUT2D eigenvalue weighted by atomic mass is 9.95. The third-order valence-corrected chi connectivity index (χ3v) is 6.37. The highest BCUT2D eigenvalue weighted by atomic mass is 16.5. The van der Waals surface area contributed by atoms with Gasteiger partial charge >= 0.3 is 0 Å². The van der Waals surface area contributed by atoms with Crippen molar-refractivity contribution in [1.82, 2.24) is 9.97 Å². The van der Waals surface area contributed by atoms with Crippen LogP contribution in [-0.4, -0.2) is 43.2 Å². The van der Waals surface area contributed by atoms with E-state index in [2.05, 4.69) is 14.9 Å². The molecular formula is C26H26N4O4. The monoisotopic (exact) mass is 458 g/mol. The molecule has 2 aromatic carbocycles. The number of hydrogen-bond donors (Lipinski definition) is 1. The summed E-state index contributed by atoms with van der Waals surface area (Å²) in [5.41, 5.74) is 8.79. The number of nitrogens with zero attached hydrogens (tertiary/aromatic N) is 3. The molecule has 2 aromatic heterocycles. The van der Waals surface area contributed by atoms with Crippen LogP contribution in [0.25, 0.3) is 33.6 Å². The minimum absolute atomic E-state index is 0.103. The highest BCUT2D eigenvalue weighted by Crippen LogP contribution is 2.45. The largest absolute Gasteiger partial charge is 0.493 e. The zero-order valence-corrected chi connectivity index (χ0v) is 19.2. The third-order valence-electron chi connectivity index (χ3n) is 6.37. The average Bonchev–Trinajstić information content (AvgIpc) is 3.28. The van der Waals surface area contributed by atoms with E-state index in [1.807, 2.05) is 48.5 Å². The second-order valence-corrected chi connectivity index (χ2v) is 8.28. The van der Waals surface area contributed by atoms with Gasteiger partial charge in [0.2, 0.25) is 11.6 Å². The van der Waals surface area contributed by atoms with Gasteiger partial charge in [-0.15, -0.1) is 0 Å². The van der Waals surface area contributed by atoms with Crippen LogP contribution in [0.15, 0.2) is 59.3 Å². The maximum Gasteiger partial charge on any atom is 0.232 e. The number of ether oxygens (including phenoxy) is 2. The Kier molecular flexibility index (Phi) is 5.79. The van der Waals surface area contributed by atoms with Crippen LogP contribution < -0.4 is 20.1 Å². The smallest absolute Gasteiger partial charge is 0.232 e. The Balaban J connectivity index is 1.69. The summed E-state index contributed by atoms with van der Waals surface area (Å²) in [4.78, 5) is 22.9. The number of rotatable bonds is 6. The molecule has 0 saturated carbocycles. The van der Waals surface area contributed by atoms with Crippen molar-refractivity contribution in [1.29, 1.82) is 0 Å². The van der Waals surface area contributed by atoms with Crippen molar-refractivity contribution in [2.75, 3.05) is 32.2 Å². The topological polar surface area (TPSA) is 104 Å². The molecule has 1 fully saturated rings. The summed E-state index contributed by atoms with van der Waals surface area (Å²) in [6.45, 7) is 1.37. The first-order chi connectivity index (χ1) is 16.6. The lowest BCUT2D eigenvalue weighted by Crippen LogP contribution is -2.39. The summed E-state index contributed by atoms with van der Waals surface area (Å²) in [6.07, 6.45) is 2.91. The van der Waals surface area contributed by atoms with Gasteiger partial charge in [-0.2, -0.15) is 0 Å². The van der Waals surface area contributed by atoms with Crippen LogP contribution in [0.4, 0.5) is 5.82 Å². The first-order valence-corrected chi connectivity index (χ1v) is 11.2. The van der Waals surface area contributed by atoms with Gasteiger partial charge in [-0.05, 0) is 36.6 Å². The molecule has 8 nitrogen and oxygen atoms in total. The van der Waals surface area contributed by atoms with E-state index in [4.69, 9.17) is 19.6 Å². The molecule has 0 radical (unpaired) electrons. The van der Waals surface area contributed by atoms with Crippen LogP contribution >= 0.6 is 0 Å². The molecule has 0 atom stereocenters. The normalized spacial score (nSPS) is 14.4. The van der Waals surface area contributed by atoms with Crippen molar-refractivity contribution in [3.8, 4) is 33.9 Å². The van der Waals surface area contributed by atoms with Crippen LogP contribution in [0.3, 0.4) is 0 Å². The fourth-order valence-electron chi connectivity index (χ4n) is 4.59. The van der Waals surface area contributed by atoms with Crippen LogP contribution in [0.1, 0.15) is 12.8 Å². The number of fused-ring (bicyclic) bond motifs is 1. The van der Waals surface area contributed by atoms with E-state index in [-0.39, 0.29) is 11.8 Å². The fraction of sp³-hybridized carbons (Fsp3) is 0.269. The van der Waals surface area contributed by atoms with Gasteiger partial charge in [-0.3, -0.25) is 4.79 Å². The van der Waals surface area contributed by atoms with E-state index in [1.165, 1.54) is 6.33 Å². The number of carbonyl (C=O) groups is 1. The van der Waals surface area contributed by atoms with E-state index < -0.39 is 0 Å². The molecule has 0 aliphatic carbocycles. The number of furan rings is 1. The molecule has 0 spiro atoms. The summed E-state index contributed by atoms with van der Waals surface area (Å²) >= 11 is 0. The first-order valence-electron chi connectivity index (χ1n) is 11.2. The number of piperidine rings is 1. The van der Waals surface area contributed by atoms with Crippen LogP contribution in [-0.2, 0) is 4.79 Å². The second-order valence-electron chi connectivity index (χ2n) is 8.28. The van der Waals surface area contributed by atoms with Crippen molar-refractivity contribution in [3.63, 3.8) is 0 Å². The molecule has 2 N–H and O–H groups in total. The Morgan fingerprint density at radius 3 is 2.41 bits per heavy atom. The quantitative estimate of drug-likeness (QED) is 0.460. The van der Waals surface area contributed by atoms with Gasteiger partial charge in [0.15, 0.2) is 11.5 Å². The number of amides is 1. The van der Waals surface area contributed by atoms with Gasteiger partial charge in [-0.25, -0.2) is 9.97 Å². The fourth-order valence-corrected chi connectivity index (χ4v) is 4.59. The number of anilines is 1. The molecule has 1 aliphatic rings. The van der Waals surface area contributed by atoms with Crippen molar-refractivity contribution >= 4 is 22.8 Å². The maximum absolute atomic E-state index is 11.7.